The maximum Gasteiger partial charge on any atom is 0.471 e. The van der Waals surface area contributed by atoms with E-state index in [1.165, 1.54) is 0 Å². The number of ketones is 1. The number of amides is 3. The third-order valence-corrected chi connectivity index (χ3v) is 16.0. The summed E-state index contributed by atoms with van der Waals surface area (Å²) in [5.74, 6) is -1.05. The summed E-state index contributed by atoms with van der Waals surface area (Å²) >= 11 is 1.55. The van der Waals surface area contributed by atoms with Crippen LogP contribution in [0.15, 0.2) is 12.3 Å². The molecule has 3 amide bonds. The number of likely N-dealkylation sites (tertiary alicyclic amines) is 1. The van der Waals surface area contributed by atoms with Crippen LogP contribution in [0, 0.1) is 33.5 Å². The van der Waals surface area contributed by atoms with E-state index in [4.69, 9.17) is 14.2 Å². The Morgan fingerprint density at radius 2 is 1.63 bits per heavy atom. The largest absolute Gasteiger partial charge is 0.471 e. The average Bonchev–Trinajstić information content (AvgIpc) is 3.51. The Balaban J connectivity index is 1.14. The Bertz CT molecular complexity index is 1560. The predicted molar refractivity (Wildman–Crippen MR) is 219 cm³/mol. The molecule has 4 saturated carbocycles. The van der Waals surface area contributed by atoms with E-state index in [2.05, 4.69) is 25.2 Å². The molecule has 0 bridgehead atoms. The molecule has 59 heavy (non-hydrogen) atoms. The smallest absolute Gasteiger partial charge is 0.444 e. The summed E-state index contributed by atoms with van der Waals surface area (Å²) in [7, 11) is 1.80. The minimum absolute atomic E-state index is 0.00942. The van der Waals surface area contributed by atoms with E-state index in [1.807, 2.05) is 5.32 Å². The lowest BCUT2D eigenvalue weighted by Crippen LogP contribution is -2.66. The van der Waals surface area contributed by atoms with Crippen LogP contribution in [0.3, 0.4) is 0 Å². The van der Waals surface area contributed by atoms with E-state index in [9.17, 15) is 37.1 Å². The van der Waals surface area contributed by atoms with Crippen molar-refractivity contribution in [3.8, 4) is 0 Å². The molecule has 334 valence electrons. The molecule has 1 heterocycles. The molecule has 0 radical (unpaired) electrons. The van der Waals surface area contributed by atoms with Crippen molar-refractivity contribution in [3.05, 3.63) is 12.3 Å². The first-order valence-electron chi connectivity index (χ1n) is 21.9. The van der Waals surface area contributed by atoms with Crippen LogP contribution < -0.4 is 10.6 Å². The molecule has 5 fully saturated rings. The molecule has 5 rings (SSSR count). The average molecular weight is 856 g/mol. The molecule has 1 aliphatic heterocycles. The van der Waals surface area contributed by atoms with Crippen molar-refractivity contribution in [3.63, 3.8) is 0 Å². The second kappa shape index (κ2) is 19.1. The van der Waals surface area contributed by atoms with Crippen molar-refractivity contribution >= 4 is 41.4 Å². The van der Waals surface area contributed by atoms with Gasteiger partial charge in [-0.15, -0.1) is 11.8 Å². The summed E-state index contributed by atoms with van der Waals surface area (Å²) in [4.78, 5) is 64.9. The SMILES string of the molecule is COC1CCC23CC(=O)C(C)(CCCCCCCCNC(=O)C(F)(F)F)CCC4(C=COC(=O)CSC5CCN(C(=O)CNC(=O)OC(C)(C)C)CC5)C(C)CC(C2)C134. The molecule has 4 aliphatic carbocycles. The normalized spacial score (nSPS) is 32.1. The highest BCUT2D eigenvalue weighted by Crippen LogP contribution is 2.85. The maximum atomic E-state index is 14.4. The molecule has 1 saturated heterocycles. The van der Waals surface area contributed by atoms with E-state index >= 15 is 0 Å². The van der Waals surface area contributed by atoms with E-state index in [0.717, 1.165) is 89.9 Å². The number of ether oxygens (including phenoxy) is 3. The molecule has 7 unspecified atom stereocenters. The van der Waals surface area contributed by atoms with Crippen molar-refractivity contribution in [2.45, 2.75) is 160 Å². The van der Waals surface area contributed by atoms with Crippen LogP contribution in [0.5, 0.6) is 0 Å². The minimum atomic E-state index is -4.86. The number of methoxy groups -OCH3 is 1. The van der Waals surface area contributed by atoms with Gasteiger partial charge in [0.25, 0.3) is 0 Å². The molecular formula is C44H68F3N3O8S. The number of Topliss-reactive ketones (excluding diaryl/α,β-unsaturated/α-hetero) is 1. The molecule has 11 nitrogen and oxygen atoms in total. The predicted octanol–water partition coefficient (Wildman–Crippen LogP) is 8.29. The number of halogens is 3. The number of hydrogen-bond donors (Lipinski definition) is 2. The van der Waals surface area contributed by atoms with Gasteiger partial charge in [0.15, 0.2) is 0 Å². The number of rotatable bonds is 17. The van der Waals surface area contributed by atoms with Gasteiger partial charge in [0.1, 0.15) is 17.9 Å². The Morgan fingerprint density at radius 3 is 2.29 bits per heavy atom. The highest BCUT2D eigenvalue weighted by atomic mass is 32.2. The zero-order chi connectivity index (χ0) is 43.3. The van der Waals surface area contributed by atoms with Crippen LogP contribution in [-0.2, 0) is 33.4 Å². The van der Waals surface area contributed by atoms with E-state index in [1.54, 1.807) is 50.8 Å². The van der Waals surface area contributed by atoms with Gasteiger partial charge in [-0.25, -0.2) is 4.79 Å². The van der Waals surface area contributed by atoms with Crippen molar-refractivity contribution in [1.82, 2.24) is 15.5 Å². The van der Waals surface area contributed by atoms with Gasteiger partial charge < -0.3 is 29.7 Å². The van der Waals surface area contributed by atoms with Crippen LogP contribution in [0.1, 0.15) is 137 Å². The topological polar surface area (TPSA) is 140 Å². The molecule has 15 heteroatoms. The number of carbonyl (C=O) groups excluding carboxylic acids is 5. The van der Waals surface area contributed by atoms with Crippen molar-refractivity contribution in [2.75, 3.05) is 39.0 Å². The lowest BCUT2D eigenvalue weighted by molar-refractivity contribution is -0.223. The van der Waals surface area contributed by atoms with Crippen molar-refractivity contribution in [2.24, 2.45) is 33.5 Å². The van der Waals surface area contributed by atoms with Gasteiger partial charge in [-0.05, 0) is 108 Å². The minimum Gasteiger partial charge on any atom is -0.444 e. The summed E-state index contributed by atoms with van der Waals surface area (Å²) in [5.41, 5.74) is -1.74. The summed E-state index contributed by atoms with van der Waals surface area (Å²) in [5, 5.41) is 4.66. The second-order valence-corrected chi connectivity index (χ2v) is 20.6. The molecule has 5 aliphatic rings. The van der Waals surface area contributed by atoms with Crippen molar-refractivity contribution < 1.29 is 51.4 Å². The van der Waals surface area contributed by atoms with E-state index < -0.39 is 29.2 Å². The summed E-state index contributed by atoms with van der Waals surface area (Å²) in [6, 6.07) is 0. The Kier molecular flexibility index (Phi) is 15.3. The quantitative estimate of drug-likeness (QED) is 0.0841. The Labute approximate surface area is 352 Å². The first kappa shape index (κ1) is 47.2. The van der Waals surface area contributed by atoms with Gasteiger partial charge in [0, 0.05) is 54.7 Å². The summed E-state index contributed by atoms with van der Waals surface area (Å²) < 4.78 is 54.6. The van der Waals surface area contributed by atoms with Gasteiger partial charge >= 0.3 is 24.1 Å². The molecule has 7 atom stereocenters. The zero-order valence-electron chi connectivity index (χ0n) is 36.1. The van der Waals surface area contributed by atoms with E-state index in [0.29, 0.717) is 43.6 Å². The van der Waals surface area contributed by atoms with Crippen LogP contribution in [0.4, 0.5) is 18.0 Å². The van der Waals surface area contributed by atoms with Crippen LogP contribution >= 0.6 is 11.8 Å². The number of allylic oxidation sites excluding steroid dienone is 1. The Morgan fingerprint density at radius 1 is 0.949 bits per heavy atom. The van der Waals surface area contributed by atoms with Gasteiger partial charge in [0.05, 0.1) is 18.1 Å². The van der Waals surface area contributed by atoms with Crippen molar-refractivity contribution in [1.29, 1.82) is 0 Å². The first-order chi connectivity index (χ1) is 27.7. The fourth-order valence-corrected chi connectivity index (χ4v) is 12.9. The molecule has 0 aromatic carbocycles. The number of alkyl halides is 3. The number of esters is 1. The van der Waals surface area contributed by atoms with E-state index in [-0.39, 0.29) is 58.3 Å². The third kappa shape index (κ3) is 10.3. The number of hydrogen-bond acceptors (Lipinski definition) is 9. The maximum absolute atomic E-state index is 14.4. The molecule has 1 spiro atoms. The lowest BCUT2D eigenvalue weighted by atomic mass is 9.36. The summed E-state index contributed by atoms with van der Waals surface area (Å²) in [6.07, 6.45) is 11.5. The number of nitrogens with zero attached hydrogens (tertiary/aromatic N) is 1. The fourth-order valence-electron chi connectivity index (χ4n) is 11.9. The van der Waals surface area contributed by atoms with Crippen LogP contribution in [0.2, 0.25) is 0 Å². The standard InChI is InChI=1S/C44H68F3N3O8S/c1-30-25-31-26-41-17-13-34(56-6)43(31,41)42(30,19-18-40(5,33(51)27-41)16-11-9-7-8-10-12-21-48-37(54)44(45,46)47)20-24-57-36(53)29-59-32-14-22-50(23-15-32)35(52)28-49-38(55)58-39(2,3)4/h20,24,30-32,34H,7-19,21-23,25-29H2,1-6H3,(H,48,54)(H,49,55). The fraction of sp³-hybridized carbons (Fsp3) is 0.841. The monoisotopic (exact) mass is 855 g/mol. The number of carbonyl (C=O) groups is 5. The van der Waals surface area contributed by atoms with Gasteiger partial charge in [-0.2, -0.15) is 13.2 Å². The van der Waals surface area contributed by atoms with Crippen LogP contribution in [0.25, 0.3) is 0 Å². The lowest BCUT2D eigenvalue weighted by Gasteiger charge is -2.68. The number of unbranched alkanes of at least 4 members (excludes halogenated alkanes) is 5. The third-order valence-electron chi connectivity index (χ3n) is 14.7. The Hall–Kier alpha value is -2.81. The molecular weight excluding hydrogens is 788 g/mol. The first-order valence-corrected chi connectivity index (χ1v) is 22.9. The molecule has 0 aromatic heterocycles. The van der Waals surface area contributed by atoms with Gasteiger partial charge in [-0.3, -0.25) is 19.2 Å². The zero-order valence-corrected chi connectivity index (χ0v) is 36.9. The highest BCUT2D eigenvalue weighted by molar-refractivity contribution is 8.00. The number of piperidine rings is 1. The van der Waals surface area contributed by atoms with Gasteiger partial charge in [-0.1, -0.05) is 46.0 Å². The van der Waals surface area contributed by atoms with Crippen LogP contribution in [-0.4, -0.2) is 96.7 Å². The van der Waals surface area contributed by atoms with Gasteiger partial charge in [0.2, 0.25) is 5.91 Å². The number of alkyl carbamates (subject to hydrolysis) is 1. The number of thioether (sulfide) groups is 1. The summed E-state index contributed by atoms with van der Waals surface area (Å²) in [6.45, 7) is 10.7. The number of nitrogens with one attached hydrogen (secondary N) is 2. The molecule has 2 N–H and O–H groups in total. The second-order valence-electron chi connectivity index (χ2n) is 19.3. The highest BCUT2D eigenvalue weighted by Gasteiger charge is 2.82. The molecule has 0 aromatic rings.